The Morgan fingerprint density at radius 1 is 1.35 bits per heavy atom. The molecule has 1 fully saturated rings. The fourth-order valence-electron chi connectivity index (χ4n) is 3.09. The quantitative estimate of drug-likeness (QED) is 0.927. The predicted molar refractivity (Wildman–Crippen MR) is 93.2 cm³/mol. The van der Waals surface area contributed by atoms with Crippen LogP contribution in [0.25, 0.3) is 0 Å². The lowest BCUT2D eigenvalue weighted by atomic mass is 9.96. The second-order valence-corrected chi connectivity index (χ2v) is 8.21. The van der Waals surface area contributed by atoms with Gasteiger partial charge >= 0.3 is 0 Å². The Bertz CT molecular complexity index is 649. The summed E-state index contributed by atoms with van der Waals surface area (Å²) in [7, 11) is 0. The number of hydrogen-bond donors (Lipinski definition) is 1. The van der Waals surface area contributed by atoms with Crippen molar-refractivity contribution in [1.29, 1.82) is 0 Å². The molecule has 1 aliphatic heterocycles. The summed E-state index contributed by atoms with van der Waals surface area (Å²) in [5.41, 5.74) is 3.17. The van der Waals surface area contributed by atoms with Crippen LogP contribution in [0.2, 0.25) is 0 Å². The summed E-state index contributed by atoms with van der Waals surface area (Å²) in [6.07, 6.45) is 1.16. The van der Waals surface area contributed by atoms with Crippen LogP contribution in [-0.4, -0.2) is 44.7 Å². The first-order chi connectivity index (χ1) is 10.9. The zero-order chi connectivity index (χ0) is 16.4. The Kier molecular flexibility index (Phi) is 4.59. The number of hydrogen-bond acceptors (Lipinski definition) is 7. The van der Waals surface area contributed by atoms with E-state index in [-0.39, 0.29) is 0 Å². The molecule has 2 aromatic heterocycles. The highest BCUT2D eigenvalue weighted by Crippen LogP contribution is 2.30. The van der Waals surface area contributed by atoms with Gasteiger partial charge in [0.1, 0.15) is 17.2 Å². The van der Waals surface area contributed by atoms with Crippen LogP contribution in [0.15, 0.2) is 11.6 Å². The Morgan fingerprint density at radius 2 is 2.17 bits per heavy atom. The van der Waals surface area contributed by atoms with Crippen LogP contribution in [0.5, 0.6) is 0 Å². The van der Waals surface area contributed by atoms with Crippen LogP contribution < -0.4 is 5.32 Å². The van der Waals surface area contributed by atoms with Gasteiger partial charge in [0.15, 0.2) is 0 Å². The fourth-order valence-corrected chi connectivity index (χ4v) is 3.54. The molecule has 0 amide bonds. The first-order valence-electron chi connectivity index (χ1n) is 8.00. The van der Waals surface area contributed by atoms with E-state index < -0.39 is 0 Å². The van der Waals surface area contributed by atoms with E-state index in [1.165, 1.54) is 11.3 Å². The summed E-state index contributed by atoms with van der Waals surface area (Å²) < 4.78 is 0. The molecule has 0 aromatic carbocycles. The molecule has 1 N–H and O–H groups in total. The van der Waals surface area contributed by atoms with E-state index in [9.17, 15) is 0 Å². The molecule has 7 heteroatoms. The molecule has 3 heterocycles. The molecule has 1 saturated heterocycles. The number of aryl methyl sites for hydroxylation is 1. The lowest BCUT2D eigenvalue weighted by Crippen LogP contribution is -2.30. The molecule has 3 rings (SSSR count). The number of nitrogens with zero attached hydrogens (tertiary/aromatic N) is 5. The van der Waals surface area contributed by atoms with Gasteiger partial charge in [-0.15, -0.1) is 10.2 Å². The summed E-state index contributed by atoms with van der Waals surface area (Å²) in [6, 6.07) is 2.06. The molecular weight excluding hydrogens is 308 g/mol. The highest BCUT2D eigenvalue weighted by Gasteiger charge is 2.28. The van der Waals surface area contributed by atoms with Gasteiger partial charge in [-0.2, -0.15) is 0 Å². The van der Waals surface area contributed by atoms with Crippen molar-refractivity contribution in [3.63, 3.8) is 0 Å². The van der Waals surface area contributed by atoms with Crippen molar-refractivity contribution in [2.24, 2.45) is 5.41 Å². The van der Waals surface area contributed by atoms with Crippen LogP contribution in [0.3, 0.4) is 0 Å². The topological polar surface area (TPSA) is 66.8 Å². The zero-order valence-electron chi connectivity index (χ0n) is 14.2. The summed E-state index contributed by atoms with van der Waals surface area (Å²) in [5.74, 6) is 2.08. The summed E-state index contributed by atoms with van der Waals surface area (Å²) in [4.78, 5) is 11.7. The molecule has 0 radical (unpaired) electrons. The maximum absolute atomic E-state index is 4.67. The summed E-state index contributed by atoms with van der Waals surface area (Å²) in [5, 5.41) is 11.8. The molecule has 0 unspecified atom stereocenters. The predicted octanol–water partition coefficient (Wildman–Crippen LogP) is 3.22. The van der Waals surface area contributed by atoms with Crippen molar-refractivity contribution in [3.8, 4) is 0 Å². The van der Waals surface area contributed by atoms with Crippen LogP contribution in [-0.2, 0) is 0 Å². The van der Waals surface area contributed by atoms with E-state index in [2.05, 4.69) is 57.2 Å². The van der Waals surface area contributed by atoms with E-state index in [4.69, 9.17) is 0 Å². The molecule has 2 aromatic rings. The number of rotatable bonds is 4. The maximum atomic E-state index is 4.67. The average Bonchev–Trinajstić information content (AvgIpc) is 3.08. The first-order valence-corrected chi connectivity index (χ1v) is 8.88. The number of nitrogens with one attached hydrogen (secondary N) is 1. The van der Waals surface area contributed by atoms with E-state index in [1.807, 2.05) is 6.92 Å². The second-order valence-electron chi connectivity index (χ2n) is 7.38. The standard InChI is InChI=1S/C16H24N6S/c1-11-18-13(7-14(19-11)20-15-21-17-10-23-15)12-5-6-22(8-12)9-16(2,3)4/h7,10,12H,5-6,8-9H2,1-4H3,(H,18,19,20,21)/t12-/m1/s1. The highest BCUT2D eigenvalue weighted by atomic mass is 32.1. The molecule has 0 aliphatic carbocycles. The van der Waals surface area contributed by atoms with Gasteiger partial charge < -0.3 is 10.2 Å². The van der Waals surface area contributed by atoms with E-state index in [0.29, 0.717) is 11.3 Å². The smallest absolute Gasteiger partial charge is 0.210 e. The lowest BCUT2D eigenvalue weighted by molar-refractivity contribution is 0.225. The van der Waals surface area contributed by atoms with Crippen LogP contribution in [0.4, 0.5) is 10.9 Å². The van der Waals surface area contributed by atoms with Crippen LogP contribution in [0, 0.1) is 12.3 Å². The minimum atomic E-state index is 0.334. The summed E-state index contributed by atoms with van der Waals surface area (Å²) in [6.45, 7) is 12.2. The molecule has 0 bridgehead atoms. The van der Waals surface area contributed by atoms with E-state index >= 15 is 0 Å². The number of aromatic nitrogens is 4. The summed E-state index contributed by atoms with van der Waals surface area (Å²) >= 11 is 1.47. The van der Waals surface area contributed by atoms with Gasteiger partial charge in [0.2, 0.25) is 5.13 Å². The molecule has 0 spiro atoms. The number of anilines is 2. The first kappa shape index (κ1) is 16.3. The molecule has 1 aliphatic rings. The largest absolute Gasteiger partial charge is 0.315 e. The SMILES string of the molecule is Cc1nc(Nc2nncs2)cc([C@@H]2CCN(CC(C)(C)C)C2)n1. The minimum absolute atomic E-state index is 0.334. The molecule has 124 valence electrons. The third kappa shape index (κ3) is 4.45. The van der Waals surface area contributed by atoms with Crippen LogP contribution >= 0.6 is 11.3 Å². The van der Waals surface area contributed by atoms with Crippen molar-refractivity contribution in [2.45, 2.75) is 40.0 Å². The van der Waals surface area contributed by atoms with Gasteiger partial charge in [0.05, 0.1) is 5.69 Å². The van der Waals surface area contributed by atoms with Gasteiger partial charge in [-0.1, -0.05) is 32.1 Å². The van der Waals surface area contributed by atoms with Crippen molar-refractivity contribution in [1.82, 2.24) is 25.1 Å². The van der Waals surface area contributed by atoms with Crippen molar-refractivity contribution in [3.05, 3.63) is 23.1 Å². The van der Waals surface area contributed by atoms with Gasteiger partial charge in [-0.25, -0.2) is 9.97 Å². The number of likely N-dealkylation sites (tertiary alicyclic amines) is 1. The third-order valence-corrected chi connectivity index (χ3v) is 4.45. The monoisotopic (exact) mass is 332 g/mol. The van der Waals surface area contributed by atoms with Gasteiger partial charge in [0.25, 0.3) is 0 Å². The van der Waals surface area contributed by atoms with Gasteiger partial charge in [0, 0.05) is 25.1 Å². The third-order valence-electron chi connectivity index (χ3n) is 3.84. The highest BCUT2D eigenvalue weighted by molar-refractivity contribution is 7.13. The van der Waals surface area contributed by atoms with Crippen molar-refractivity contribution >= 4 is 22.3 Å². The molecule has 1 atom stereocenters. The molecular formula is C16H24N6S. The fraction of sp³-hybridized carbons (Fsp3) is 0.625. The normalized spacial score (nSPS) is 19.2. The maximum Gasteiger partial charge on any atom is 0.210 e. The molecule has 6 nitrogen and oxygen atoms in total. The zero-order valence-corrected chi connectivity index (χ0v) is 15.0. The Hall–Kier alpha value is -1.60. The lowest BCUT2D eigenvalue weighted by Gasteiger charge is -2.26. The minimum Gasteiger partial charge on any atom is -0.315 e. The molecule has 23 heavy (non-hydrogen) atoms. The van der Waals surface area contributed by atoms with Crippen molar-refractivity contribution < 1.29 is 0 Å². The van der Waals surface area contributed by atoms with Gasteiger partial charge in [-0.3, -0.25) is 0 Å². The van der Waals surface area contributed by atoms with Crippen molar-refractivity contribution in [2.75, 3.05) is 25.0 Å². The Balaban J connectivity index is 1.72. The van der Waals surface area contributed by atoms with E-state index in [1.54, 1.807) is 5.51 Å². The Morgan fingerprint density at radius 3 is 2.87 bits per heavy atom. The average molecular weight is 332 g/mol. The Labute approximate surface area is 141 Å². The van der Waals surface area contributed by atoms with E-state index in [0.717, 1.165) is 48.5 Å². The second kappa shape index (κ2) is 6.49. The van der Waals surface area contributed by atoms with Gasteiger partial charge in [-0.05, 0) is 25.3 Å². The molecule has 0 saturated carbocycles. The van der Waals surface area contributed by atoms with Crippen LogP contribution in [0.1, 0.15) is 44.6 Å².